The third-order valence-corrected chi connectivity index (χ3v) is 5.44. The summed E-state index contributed by atoms with van der Waals surface area (Å²) in [6.45, 7) is 2.73. The second-order valence-electron chi connectivity index (χ2n) is 6.92. The second-order valence-corrected chi connectivity index (χ2v) is 7.33. The Morgan fingerprint density at radius 3 is 2.59 bits per heavy atom. The SMILES string of the molecule is CCc1ccc(C2=C(COc3ccc(CCC(=O)O)c(Cl)c3)CCC2)cc1. The molecule has 1 N–H and O–H groups in total. The Kier molecular flexibility index (Phi) is 6.57. The van der Waals surface area contributed by atoms with Gasteiger partial charge in [-0.2, -0.15) is 0 Å². The van der Waals surface area contributed by atoms with Gasteiger partial charge < -0.3 is 9.84 Å². The van der Waals surface area contributed by atoms with E-state index < -0.39 is 5.97 Å². The molecule has 142 valence electrons. The molecule has 0 saturated heterocycles. The molecule has 0 saturated carbocycles. The van der Waals surface area contributed by atoms with Gasteiger partial charge in [0.05, 0.1) is 0 Å². The van der Waals surface area contributed by atoms with E-state index in [0.717, 1.165) is 30.6 Å². The number of aliphatic carboxylic acids is 1. The van der Waals surface area contributed by atoms with Crippen LogP contribution >= 0.6 is 11.6 Å². The van der Waals surface area contributed by atoms with Crippen molar-refractivity contribution < 1.29 is 14.6 Å². The Morgan fingerprint density at radius 2 is 1.93 bits per heavy atom. The van der Waals surface area contributed by atoms with Crippen molar-refractivity contribution in [1.29, 1.82) is 0 Å². The van der Waals surface area contributed by atoms with Gasteiger partial charge >= 0.3 is 5.97 Å². The van der Waals surface area contributed by atoms with Gasteiger partial charge in [0.25, 0.3) is 0 Å². The van der Waals surface area contributed by atoms with Gasteiger partial charge in [0.1, 0.15) is 12.4 Å². The zero-order valence-electron chi connectivity index (χ0n) is 15.6. The van der Waals surface area contributed by atoms with Crippen LogP contribution in [-0.2, 0) is 17.6 Å². The van der Waals surface area contributed by atoms with Crippen molar-refractivity contribution in [2.75, 3.05) is 6.61 Å². The summed E-state index contributed by atoms with van der Waals surface area (Å²) in [6.07, 6.45) is 4.88. The molecule has 27 heavy (non-hydrogen) atoms. The summed E-state index contributed by atoms with van der Waals surface area (Å²) in [7, 11) is 0. The molecule has 0 amide bonds. The van der Waals surface area contributed by atoms with Gasteiger partial charge in [-0.25, -0.2) is 0 Å². The standard InChI is InChI=1S/C23H25ClO3/c1-2-16-6-8-17(9-7-16)21-5-3-4-19(21)15-27-20-12-10-18(22(24)14-20)11-13-23(25)26/h6-10,12,14H,2-5,11,13,15H2,1H3,(H,25,26). The lowest BCUT2D eigenvalue weighted by Crippen LogP contribution is -2.02. The summed E-state index contributed by atoms with van der Waals surface area (Å²) in [5.74, 6) is -0.0989. The van der Waals surface area contributed by atoms with Gasteiger partial charge in [-0.15, -0.1) is 0 Å². The monoisotopic (exact) mass is 384 g/mol. The van der Waals surface area contributed by atoms with E-state index in [1.807, 2.05) is 12.1 Å². The molecule has 0 aromatic heterocycles. The Bertz CT molecular complexity index is 837. The summed E-state index contributed by atoms with van der Waals surface area (Å²) < 4.78 is 5.99. The summed E-state index contributed by atoms with van der Waals surface area (Å²) in [5.41, 5.74) is 6.24. The molecule has 2 aromatic carbocycles. The number of carboxylic acid groups (broad SMARTS) is 1. The summed E-state index contributed by atoms with van der Waals surface area (Å²) in [5, 5.41) is 9.36. The molecule has 3 rings (SSSR count). The number of allylic oxidation sites excluding steroid dienone is 1. The van der Waals surface area contributed by atoms with Crippen molar-refractivity contribution in [3.63, 3.8) is 0 Å². The molecule has 0 fully saturated rings. The van der Waals surface area contributed by atoms with Crippen LogP contribution in [0, 0.1) is 0 Å². The maximum Gasteiger partial charge on any atom is 0.303 e. The fourth-order valence-electron chi connectivity index (χ4n) is 3.49. The maximum absolute atomic E-state index is 10.7. The van der Waals surface area contributed by atoms with E-state index in [1.165, 1.54) is 28.7 Å². The van der Waals surface area contributed by atoms with Gasteiger partial charge in [0.15, 0.2) is 0 Å². The lowest BCUT2D eigenvalue weighted by molar-refractivity contribution is -0.136. The fourth-order valence-corrected chi connectivity index (χ4v) is 3.75. The highest BCUT2D eigenvalue weighted by molar-refractivity contribution is 6.31. The van der Waals surface area contributed by atoms with Crippen LogP contribution in [0.15, 0.2) is 48.0 Å². The van der Waals surface area contributed by atoms with Crippen LogP contribution in [0.2, 0.25) is 5.02 Å². The van der Waals surface area contributed by atoms with Gasteiger partial charge in [0, 0.05) is 11.4 Å². The van der Waals surface area contributed by atoms with E-state index >= 15 is 0 Å². The first-order chi connectivity index (χ1) is 13.1. The average Bonchev–Trinajstić information content (AvgIpc) is 3.14. The first kappa shape index (κ1) is 19.5. The normalized spacial score (nSPS) is 13.9. The Hall–Kier alpha value is -2.26. The lowest BCUT2D eigenvalue weighted by Gasteiger charge is -2.12. The summed E-state index contributed by atoms with van der Waals surface area (Å²) in [6, 6.07) is 14.3. The van der Waals surface area contributed by atoms with Gasteiger partial charge in [-0.05, 0) is 72.1 Å². The number of aryl methyl sites for hydroxylation is 2. The maximum atomic E-state index is 10.7. The van der Waals surface area contributed by atoms with Crippen LogP contribution in [0.5, 0.6) is 5.75 Å². The number of halogens is 1. The van der Waals surface area contributed by atoms with Crippen LogP contribution in [0.25, 0.3) is 5.57 Å². The molecule has 0 heterocycles. The zero-order valence-corrected chi connectivity index (χ0v) is 16.4. The third-order valence-electron chi connectivity index (χ3n) is 5.09. The summed E-state index contributed by atoms with van der Waals surface area (Å²) in [4.78, 5) is 10.7. The lowest BCUT2D eigenvalue weighted by atomic mass is 10.0. The number of benzene rings is 2. The van der Waals surface area contributed by atoms with Crippen LogP contribution in [0.1, 0.15) is 49.3 Å². The first-order valence-electron chi connectivity index (χ1n) is 9.50. The fraction of sp³-hybridized carbons (Fsp3) is 0.348. The molecule has 3 nitrogen and oxygen atoms in total. The molecule has 0 bridgehead atoms. The first-order valence-corrected chi connectivity index (χ1v) is 9.88. The Labute approximate surface area is 165 Å². The second kappa shape index (κ2) is 9.09. The van der Waals surface area contributed by atoms with Crippen LogP contribution in [0.3, 0.4) is 0 Å². The van der Waals surface area contributed by atoms with Crippen molar-refractivity contribution in [2.45, 2.75) is 45.4 Å². The largest absolute Gasteiger partial charge is 0.489 e. The van der Waals surface area contributed by atoms with Gasteiger partial charge in [-0.3, -0.25) is 4.79 Å². The van der Waals surface area contributed by atoms with Gasteiger partial charge in [-0.1, -0.05) is 48.9 Å². The highest BCUT2D eigenvalue weighted by Crippen LogP contribution is 2.34. The number of carbonyl (C=O) groups is 1. The molecule has 0 radical (unpaired) electrons. The predicted octanol–water partition coefficient (Wildman–Crippen LogP) is 5.94. The van der Waals surface area contributed by atoms with Crippen molar-refractivity contribution in [2.24, 2.45) is 0 Å². The number of carboxylic acids is 1. The van der Waals surface area contributed by atoms with Crippen LogP contribution in [-0.4, -0.2) is 17.7 Å². The zero-order chi connectivity index (χ0) is 19.2. The van der Waals surface area contributed by atoms with E-state index in [4.69, 9.17) is 21.4 Å². The van der Waals surface area contributed by atoms with Gasteiger partial charge in [0.2, 0.25) is 0 Å². The van der Waals surface area contributed by atoms with Crippen molar-refractivity contribution in [3.05, 3.63) is 69.8 Å². The molecule has 4 heteroatoms. The molecule has 1 aliphatic carbocycles. The number of rotatable bonds is 8. The predicted molar refractivity (Wildman–Crippen MR) is 109 cm³/mol. The quantitative estimate of drug-likeness (QED) is 0.612. The average molecular weight is 385 g/mol. The number of ether oxygens (including phenoxy) is 1. The molecule has 0 aliphatic heterocycles. The molecule has 2 aromatic rings. The summed E-state index contributed by atoms with van der Waals surface area (Å²) >= 11 is 6.28. The number of hydrogen-bond donors (Lipinski definition) is 1. The molecule has 0 atom stereocenters. The molecule has 1 aliphatic rings. The smallest absolute Gasteiger partial charge is 0.303 e. The molecule has 0 unspecified atom stereocenters. The Morgan fingerprint density at radius 1 is 1.15 bits per heavy atom. The minimum atomic E-state index is -0.820. The minimum absolute atomic E-state index is 0.0764. The molecular formula is C23H25ClO3. The van der Waals surface area contributed by atoms with E-state index in [2.05, 4.69) is 31.2 Å². The van der Waals surface area contributed by atoms with Crippen LogP contribution < -0.4 is 4.74 Å². The molecular weight excluding hydrogens is 360 g/mol. The highest BCUT2D eigenvalue weighted by atomic mass is 35.5. The minimum Gasteiger partial charge on any atom is -0.489 e. The van der Waals surface area contributed by atoms with E-state index in [9.17, 15) is 4.79 Å². The van der Waals surface area contributed by atoms with E-state index in [1.54, 1.807) is 6.07 Å². The topological polar surface area (TPSA) is 46.5 Å². The van der Waals surface area contributed by atoms with Crippen molar-refractivity contribution in [3.8, 4) is 5.75 Å². The van der Waals surface area contributed by atoms with Crippen LogP contribution in [0.4, 0.5) is 0 Å². The van der Waals surface area contributed by atoms with E-state index in [0.29, 0.717) is 18.1 Å². The van der Waals surface area contributed by atoms with Crippen molar-refractivity contribution >= 4 is 23.1 Å². The molecule has 0 spiro atoms. The highest BCUT2D eigenvalue weighted by Gasteiger charge is 2.17. The third kappa shape index (κ3) is 5.14. The Balaban J connectivity index is 1.67. The van der Waals surface area contributed by atoms with Crippen molar-refractivity contribution in [1.82, 2.24) is 0 Å². The number of hydrogen-bond acceptors (Lipinski definition) is 2. The van der Waals surface area contributed by atoms with E-state index in [-0.39, 0.29) is 6.42 Å².